The number of nitrogens with zero attached hydrogens (tertiary/aromatic N) is 1. The van der Waals surface area contributed by atoms with Crippen molar-refractivity contribution in [2.24, 2.45) is 5.92 Å². The summed E-state index contributed by atoms with van der Waals surface area (Å²) in [6.07, 6.45) is 1.66. The second kappa shape index (κ2) is 7.34. The van der Waals surface area contributed by atoms with Gasteiger partial charge >= 0.3 is 5.97 Å². The van der Waals surface area contributed by atoms with Crippen molar-refractivity contribution < 1.29 is 14.3 Å². The minimum atomic E-state index is -0.707. The molecule has 1 unspecified atom stereocenters. The predicted octanol–water partition coefficient (Wildman–Crippen LogP) is 2.00. The number of fused-ring (bicyclic) bond motifs is 1. The first-order valence-electron chi connectivity index (χ1n) is 8.84. The lowest BCUT2D eigenvalue weighted by Gasteiger charge is -2.34. The Kier molecular flexibility index (Phi) is 5.19. The van der Waals surface area contributed by atoms with Gasteiger partial charge in [-0.1, -0.05) is 32.0 Å². The maximum atomic E-state index is 12.5. The smallest absolute Gasteiger partial charge is 0.339 e. The number of benzene rings is 1. The molecule has 0 radical (unpaired) electrons. The number of nitrogens with one attached hydrogen (secondary N) is 1. The van der Waals surface area contributed by atoms with Gasteiger partial charge in [-0.3, -0.25) is 4.79 Å². The number of likely N-dealkylation sites (tertiary alicyclic amines) is 1. The van der Waals surface area contributed by atoms with Crippen molar-refractivity contribution >= 4 is 11.9 Å². The Hall–Kier alpha value is -1.88. The third kappa shape index (κ3) is 3.96. The highest BCUT2D eigenvalue weighted by atomic mass is 16.5. The fourth-order valence-corrected chi connectivity index (χ4v) is 3.55. The quantitative estimate of drug-likeness (QED) is 0.858. The summed E-state index contributed by atoms with van der Waals surface area (Å²) >= 11 is 0. The van der Waals surface area contributed by atoms with Crippen LogP contribution < -0.4 is 5.32 Å². The van der Waals surface area contributed by atoms with Crippen molar-refractivity contribution in [3.8, 4) is 0 Å². The number of carbonyl (C=O) groups excluding carboxylic acids is 2. The molecule has 0 aliphatic carbocycles. The van der Waals surface area contributed by atoms with Gasteiger partial charge in [0.1, 0.15) is 0 Å². The van der Waals surface area contributed by atoms with Crippen LogP contribution in [-0.4, -0.2) is 48.6 Å². The Bertz CT molecular complexity index is 606. The Morgan fingerprint density at radius 3 is 2.71 bits per heavy atom. The topological polar surface area (TPSA) is 58.6 Å². The van der Waals surface area contributed by atoms with Crippen LogP contribution in [0.2, 0.25) is 0 Å². The van der Waals surface area contributed by atoms with Crippen LogP contribution >= 0.6 is 0 Å². The zero-order valence-electron chi connectivity index (χ0n) is 14.5. The summed E-state index contributed by atoms with van der Waals surface area (Å²) in [6, 6.07) is 7.51. The first-order chi connectivity index (χ1) is 11.5. The number of carbonyl (C=O) groups is 2. The van der Waals surface area contributed by atoms with Crippen LogP contribution in [0.4, 0.5) is 0 Å². The van der Waals surface area contributed by atoms with E-state index in [0.29, 0.717) is 17.9 Å². The summed E-state index contributed by atoms with van der Waals surface area (Å²) in [7, 11) is 0. The summed E-state index contributed by atoms with van der Waals surface area (Å²) in [6.45, 7) is 7.58. The SMILES string of the molecule is CC(C)CN1CCC(NC(=O)C2Cc3ccccc3C(=O)O2)CC1. The van der Waals surface area contributed by atoms with E-state index in [9.17, 15) is 9.59 Å². The molecule has 24 heavy (non-hydrogen) atoms. The Morgan fingerprint density at radius 1 is 1.29 bits per heavy atom. The number of cyclic esters (lactones) is 1. The van der Waals surface area contributed by atoms with Crippen LogP contribution in [0.25, 0.3) is 0 Å². The third-order valence-electron chi connectivity index (χ3n) is 4.74. The van der Waals surface area contributed by atoms with E-state index >= 15 is 0 Å². The van der Waals surface area contributed by atoms with Gasteiger partial charge in [-0.25, -0.2) is 4.79 Å². The van der Waals surface area contributed by atoms with E-state index < -0.39 is 12.1 Å². The average Bonchev–Trinajstić information content (AvgIpc) is 2.56. The van der Waals surface area contributed by atoms with Crippen molar-refractivity contribution in [2.45, 2.75) is 45.3 Å². The van der Waals surface area contributed by atoms with Crippen molar-refractivity contribution in [1.82, 2.24) is 10.2 Å². The molecule has 1 fully saturated rings. The molecule has 2 heterocycles. The van der Waals surface area contributed by atoms with Crippen molar-refractivity contribution in [2.75, 3.05) is 19.6 Å². The van der Waals surface area contributed by atoms with Gasteiger partial charge in [0.25, 0.3) is 5.91 Å². The van der Waals surface area contributed by atoms with E-state index in [-0.39, 0.29) is 11.9 Å². The van der Waals surface area contributed by atoms with Gasteiger partial charge < -0.3 is 15.0 Å². The molecule has 1 amide bonds. The highest BCUT2D eigenvalue weighted by molar-refractivity contribution is 5.95. The first kappa shape index (κ1) is 17.0. The number of amides is 1. The lowest BCUT2D eigenvalue weighted by atomic mass is 9.97. The van der Waals surface area contributed by atoms with Crippen LogP contribution in [-0.2, 0) is 16.0 Å². The van der Waals surface area contributed by atoms with Crippen molar-refractivity contribution in [3.63, 3.8) is 0 Å². The van der Waals surface area contributed by atoms with E-state index in [2.05, 4.69) is 24.1 Å². The number of rotatable bonds is 4. The van der Waals surface area contributed by atoms with E-state index in [1.54, 1.807) is 6.07 Å². The fraction of sp³-hybridized carbons (Fsp3) is 0.579. The fourth-order valence-electron chi connectivity index (χ4n) is 3.55. The lowest BCUT2D eigenvalue weighted by Crippen LogP contribution is -2.50. The van der Waals surface area contributed by atoms with E-state index in [1.807, 2.05) is 18.2 Å². The van der Waals surface area contributed by atoms with E-state index in [4.69, 9.17) is 4.74 Å². The Morgan fingerprint density at radius 2 is 2.00 bits per heavy atom. The molecule has 1 aromatic carbocycles. The molecule has 0 spiro atoms. The molecule has 2 aliphatic heterocycles. The van der Waals surface area contributed by atoms with Crippen LogP contribution in [0, 0.1) is 5.92 Å². The summed E-state index contributed by atoms with van der Waals surface area (Å²) in [4.78, 5) is 27.0. The molecule has 0 saturated carbocycles. The maximum absolute atomic E-state index is 12.5. The summed E-state index contributed by atoms with van der Waals surface area (Å²) in [5.74, 6) is 0.0989. The monoisotopic (exact) mass is 330 g/mol. The highest BCUT2D eigenvalue weighted by Crippen LogP contribution is 2.21. The summed E-state index contributed by atoms with van der Waals surface area (Å²) in [5, 5.41) is 3.07. The molecule has 5 nitrogen and oxygen atoms in total. The second-order valence-electron chi connectivity index (χ2n) is 7.23. The molecular formula is C19H26N2O3. The van der Waals surface area contributed by atoms with Crippen LogP contribution in [0.5, 0.6) is 0 Å². The predicted molar refractivity (Wildman–Crippen MR) is 91.8 cm³/mol. The molecule has 1 N–H and O–H groups in total. The van der Waals surface area contributed by atoms with Crippen molar-refractivity contribution in [3.05, 3.63) is 35.4 Å². The van der Waals surface area contributed by atoms with Gasteiger partial charge in [0.2, 0.25) is 0 Å². The zero-order chi connectivity index (χ0) is 17.1. The molecule has 1 aromatic rings. The number of esters is 1. The van der Waals surface area contributed by atoms with Gasteiger partial charge in [-0.05, 0) is 30.4 Å². The molecule has 1 atom stereocenters. The normalized spacial score (nSPS) is 22.1. The molecule has 3 rings (SSSR count). The van der Waals surface area contributed by atoms with Crippen LogP contribution in [0.3, 0.4) is 0 Å². The van der Waals surface area contributed by atoms with Gasteiger partial charge in [-0.2, -0.15) is 0 Å². The third-order valence-corrected chi connectivity index (χ3v) is 4.74. The summed E-state index contributed by atoms with van der Waals surface area (Å²) < 4.78 is 5.33. The van der Waals surface area contributed by atoms with Gasteiger partial charge in [-0.15, -0.1) is 0 Å². The Balaban J connectivity index is 1.53. The molecule has 2 aliphatic rings. The minimum absolute atomic E-state index is 0.167. The van der Waals surface area contributed by atoms with Crippen molar-refractivity contribution in [1.29, 1.82) is 0 Å². The lowest BCUT2D eigenvalue weighted by molar-refractivity contribution is -0.131. The van der Waals surface area contributed by atoms with E-state index in [1.165, 1.54) is 0 Å². The number of hydrogen-bond donors (Lipinski definition) is 1. The minimum Gasteiger partial charge on any atom is -0.448 e. The second-order valence-corrected chi connectivity index (χ2v) is 7.23. The number of piperidine rings is 1. The first-order valence-corrected chi connectivity index (χ1v) is 8.84. The van der Waals surface area contributed by atoms with E-state index in [0.717, 1.165) is 38.0 Å². The highest BCUT2D eigenvalue weighted by Gasteiger charge is 2.32. The molecule has 0 aromatic heterocycles. The van der Waals surface area contributed by atoms with Gasteiger partial charge in [0.15, 0.2) is 6.10 Å². The Labute approximate surface area is 143 Å². The average molecular weight is 330 g/mol. The van der Waals surface area contributed by atoms with Gasteiger partial charge in [0.05, 0.1) is 5.56 Å². The molecule has 0 bridgehead atoms. The maximum Gasteiger partial charge on any atom is 0.339 e. The molecule has 5 heteroatoms. The zero-order valence-corrected chi connectivity index (χ0v) is 14.5. The number of hydrogen-bond acceptors (Lipinski definition) is 4. The molecule has 1 saturated heterocycles. The molecular weight excluding hydrogens is 304 g/mol. The van der Waals surface area contributed by atoms with Gasteiger partial charge in [0, 0.05) is 32.1 Å². The standard InChI is InChI=1S/C19H26N2O3/c1-13(2)12-21-9-7-15(8-10-21)20-18(22)17-11-14-5-3-4-6-16(14)19(23)24-17/h3-6,13,15,17H,7-12H2,1-2H3,(H,20,22). The molecule has 130 valence electrons. The largest absolute Gasteiger partial charge is 0.448 e. The summed E-state index contributed by atoms with van der Waals surface area (Å²) in [5.41, 5.74) is 1.46. The van der Waals surface area contributed by atoms with Crippen LogP contribution in [0.1, 0.15) is 42.6 Å². The van der Waals surface area contributed by atoms with Crippen LogP contribution in [0.15, 0.2) is 24.3 Å². The number of ether oxygens (including phenoxy) is 1.